The minimum Gasteiger partial charge on any atom is -0.353 e. The van der Waals surface area contributed by atoms with E-state index >= 15 is 0 Å². The van der Waals surface area contributed by atoms with Crippen LogP contribution >= 0.6 is 0 Å². The van der Waals surface area contributed by atoms with Gasteiger partial charge >= 0.3 is 0 Å². The summed E-state index contributed by atoms with van der Waals surface area (Å²) < 4.78 is 11.7. The maximum absolute atomic E-state index is 6.07. The zero-order chi connectivity index (χ0) is 12.3. The lowest BCUT2D eigenvalue weighted by Gasteiger charge is -2.38. The van der Waals surface area contributed by atoms with Crippen molar-refractivity contribution in [2.45, 2.75) is 78.1 Å². The van der Waals surface area contributed by atoms with Crippen LogP contribution in [0.5, 0.6) is 0 Å². The molecule has 0 bridgehead atoms. The molecule has 17 heavy (non-hydrogen) atoms. The summed E-state index contributed by atoms with van der Waals surface area (Å²) in [6.07, 6.45) is 9.21. The quantitative estimate of drug-likeness (QED) is 0.722. The predicted molar refractivity (Wildman–Crippen MR) is 69.9 cm³/mol. The van der Waals surface area contributed by atoms with E-state index in [1.165, 1.54) is 38.5 Å². The molecule has 1 aliphatic carbocycles. The lowest BCUT2D eigenvalue weighted by Crippen LogP contribution is -2.33. The van der Waals surface area contributed by atoms with Crippen LogP contribution in [0.15, 0.2) is 0 Å². The molecule has 1 heterocycles. The van der Waals surface area contributed by atoms with Crippen LogP contribution in [0.2, 0.25) is 0 Å². The van der Waals surface area contributed by atoms with Gasteiger partial charge in [0.1, 0.15) is 0 Å². The van der Waals surface area contributed by atoms with Gasteiger partial charge in [-0.15, -0.1) is 0 Å². The van der Waals surface area contributed by atoms with Gasteiger partial charge in [0.2, 0.25) is 0 Å². The first-order chi connectivity index (χ1) is 8.05. The van der Waals surface area contributed by atoms with Crippen LogP contribution in [-0.4, -0.2) is 19.0 Å². The van der Waals surface area contributed by atoms with Gasteiger partial charge < -0.3 is 9.47 Å². The van der Waals surface area contributed by atoms with E-state index in [4.69, 9.17) is 9.47 Å². The Morgan fingerprint density at radius 1 is 0.941 bits per heavy atom. The van der Waals surface area contributed by atoms with Crippen LogP contribution in [0.4, 0.5) is 0 Å². The third-order valence-electron chi connectivity index (χ3n) is 4.38. The average molecular weight is 240 g/mol. The monoisotopic (exact) mass is 240 g/mol. The summed E-state index contributed by atoms with van der Waals surface area (Å²) in [4.78, 5) is 0. The standard InChI is InChI=1S/C15H28O2/c1-15(2,3)12-7-9-13(10-8-12)17-14-6-4-5-11-16-14/h12-14H,4-11H2,1-3H3. The van der Waals surface area contributed by atoms with Crippen LogP contribution in [0, 0.1) is 11.3 Å². The third-order valence-corrected chi connectivity index (χ3v) is 4.38. The zero-order valence-electron chi connectivity index (χ0n) is 11.7. The van der Waals surface area contributed by atoms with Gasteiger partial charge in [-0.3, -0.25) is 0 Å². The van der Waals surface area contributed by atoms with Crippen LogP contribution in [0.25, 0.3) is 0 Å². The highest BCUT2D eigenvalue weighted by molar-refractivity contribution is 4.81. The van der Waals surface area contributed by atoms with E-state index in [-0.39, 0.29) is 6.29 Å². The molecule has 0 aromatic heterocycles. The second-order valence-electron chi connectivity index (χ2n) is 6.77. The van der Waals surface area contributed by atoms with Crippen molar-refractivity contribution in [3.8, 4) is 0 Å². The fraction of sp³-hybridized carbons (Fsp3) is 1.00. The maximum Gasteiger partial charge on any atom is 0.157 e. The van der Waals surface area contributed by atoms with E-state index < -0.39 is 0 Å². The molecule has 1 saturated heterocycles. The Kier molecular flexibility index (Phi) is 4.48. The molecule has 100 valence electrons. The summed E-state index contributed by atoms with van der Waals surface area (Å²) >= 11 is 0. The molecule has 0 aromatic rings. The number of hydrogen-bond acceptors (Lipinski definition) is 2. The molecule has 2 aliphatic rings. The van der Waals surface area contributed by atoms with Gasteiger partial charge in [0.05, 0.1) is 6.10 Å². The Hall–Kier alpha value is -0.0800. The van der Waals surface area contributed by atoms with Crippen molar-refractivity contribution in [1.29, 1.82) is 0 Å². The molecule has 0 amide bonds. The van der Waals surface area contributed by atoms with Crippen LogP contribution < -0.4 is 0 Å². The van der Waals surface area contributed by atoms with Crippen molar-refractivity contribution in [2.75, 3.05) is 6.61 Å². The lowest BCUT2D eigenvalue weighted by atomic mass is 9.72. The molecule has 1 atom stereocenters. The Balaban J connectivity index is 1.71. The van der Waals surface area contributed by atoms with Gasteiger partial charge in [0.15, 0.2) is 6.29 Å². The highest BCUT2D eigenvalue weighted by Crippen LogP contribution is 2.39. The second-order valence-corrected chi connectivity index (χ2v) is 6.77. The summed E-state index contributed by atoms with van der Waals surface area (Å²) in [6.45, 7) is 7.98. The molecule has 0 radical (unpaired) electrons. The van der Waals surface area contributed by atoms with Gasteiger partial charge in [-0.25, -0.2) is 0 Å². The lowest BCUT2D eigenvalue weighted by molar-refractivity contribution is -0.195. The Labute approximate surface area is 106 Å². The van der Waals surface area contributed by atoms with Gasteiger partial charge in [-0.05, 0) is 56.3 Å². The molecule has 0 aromatic carbocycles. The molecule has 0 N–H and O–H groups in total. The number of rotatable bonds is 2. The van der Waals surface area contributed by atoms with Crippen LogP contribution in [-0.2, 0) is 9.47 Å². The Morgan fingerprint density at radius 3 is 2.18 bits per heavy atom. The van der Waals surface area contributed by atoms with Gasteiger partial charge in [0.25, 0.3) is 0 Å². The fourth-order valence-corrected chi connectivity index (χ4v) is 3.10. The van der Waals surface area contributed by atoms with E-state index in [1.807, 2.05) is 0 Å². The van der Waals surface area contributed by atoms with E-state index in [0.717, 1.165) is 18.9 Å². The van der Waals surface area contributed by atoms with Gasteiger partial charge in [-0.1, -0.05) is 20.8 Å². The third kappa shape index (κ3) is 3.96. The summed E-state index contributed by atoms with van der Waals surface area (Å²) in [5.41, 5.74) is 0.465. The molecule has 2 rings (SSSR count). The summed E-state index contributed by atoms with van der Waals surface area (Å²) in [6, 6.07) is 0. The van der Waals surface area contributed by atoms with E-state index in [0.29, 0.717) is 11.5 Å². The molecule has 2 heteroatoms. The highest BCUT2D eigenvalue weighted by Gasteiger charge is 2.31. The maximum atomic E-state index is 6.07. The van der Waals surface area contributed by atoms with Gasteiger partial charge in [-0.2, -0.15) is 0 Å². The molecular weight excluding hydrogens is 212 g/mol. The molecular formula is C15H28O2. The molecule has 1 unspecified atom stereocenters. The van der Waals surface area contributed by atoms with E-state index in [1.54, 1.807) is 0 Å². The average Bonchev–Trinajstić information content (AvgIpc) is 2.30. The SMILES string of the molecule is CC(C)(C)C1CCC(OC2CCCCO2)CC1. The normalized spacial score (nSPS) is 35.8. The van der Waals surface area contributed by atoms with Crippen molar-refractivity contribution in [3.05, 3.63) is 0 Å². The summed E-state index contributed by atoms with van der Waals surface area (Å²) in [7, 11) is 0. The predicted octanol–water partition coefficient (Wildman–Crippen LogP) is 4.13. The number of hydrogen-bond donors (Lipinski definition) is 0. The number of ether oxygens (including phenoxy) is 2. The smallest absolute Gasteiger partial charge is 0.157 e. The Bertz CT molecular complexity index is 218. The minimum absolute atomic E-state index is 0.0972. The van der Waals surface area contributed by atoms with Crippen molar-refractivity contribution in [3.63, 3.8) is 0 Å². The topological polar surface area (TPSA) is 18.5 Å². The van der Waals surface area contributed by atoms with Crippen LogP contribution in [0.3, 0.4) is 0 Å². The van der Waals surface area contributed by atoms with Crippen molar-refractivity contribution >= 4 is 0 Å². The molecule has 1 saturated carbocycles. The second kappa shape index (κ2) is 5.71. The Morgan fingerprint density at radius 2 is 1.65 bits per heavy atom. The molecule has 0 spiro atoms. The fourth-order valence-electron chi connectivity index (χ4n) is 3.10. The summed E-state index contributed by atoms with van der Waals surface area (Å²) in [5.74, 6) is 0.870. The highest BCUT2D eigenvalue weighted by atomic mass is 16.7. The van der Waals surface area contributed by atoms with Crippen molar-refractivity contribution in [2.24, 2.45) is 11.3 Å². The molecule has 2 fully saturated rings. The van der Waals surface area contributed by atoms with Crippen LogP contribution in [0.1, 0.15) is 65.7 Å². The van der Waals surface area contributed by atoms with Gasteiger partial charge in [0, 0.05) is 6.61 Å². The van der Waals surface area contributed by atoms with Crippen molar-refractivity contribution < 1.29 is 9.47 Å². The van der Waals surface area contributed by atoms with E-state index in [2.05, 4.69) is 20.8 Å². The first-order valence-electron chi connectivity index (χ1n) is 7.33. The van der Waals surface area contributed by atoms with E-state index in [9.17, 15) is 0 Å². The molecule has 1 aliphatic heterocycles. The zero-order valence-corrected chi connectivity index (χ0v) is 11.7. The largest absolute Gasteiger partial charge is 0.353 e. The van der Waals surface area contributed by atoms with Crippen molar-refractivity contribution in [1.82, 2.24) is 0 Å². The first kappa shape index (κ1) is 13.4. The first-order valence-corrected chi connectivity index (χ1v) is 7.33. The summed E-state index contributed by atoms with van der Waals surface area (Å²) in [5, 5.41) is 0. The minimum atomic E-state index is 0.0972. The molecule has 2 nitrogen and oxygen atoms in total.